The topological polar surface area (TPSA) is 166 Å². The van der Waals surface area contributed by atoms with Crippen LogP contribution in [0.2, 0.25) is 0 Å². The smallest absolute Gasteiger partial charge is 0.304 e. The molecule has 0 bridgehead atoms. The Morgan fingerprint density at radius 2 is 1.89 bits per heavy atom. The Balaban J connectivity index is 1.63. The fraction of sp³-hybridized carbons (Fsp3) is 0.269. The monoisotopic (exact) mass is 498 g/mol. The third-order valence-corrected chi connectivity index (χ3v) is 5.66. The van der Waals surface area contributed by atoms with Gasteiger partial charge in [-0.3, -0.25) is 9.78 Å². The van der Waals surface area contributed by atoms with Crippen LogP contribution in [0.5, 0.6) is 5.75 Å². The molecule has 0 aliphatic heterocycles. The molecule has 3 N–H and O–H groups in total. The summed E-state index contributed by atoms with van der Waals surface area (Å²) in [5.74, 6) is -0.409. The van der Waals surface area contributed by atoms with Crippen molar-refractivity contribution in [3.63, 3.8) is 0 Å². The summed E-state index contributed by atoms with van der Waals surface area (Å²) in [6.45, 7) is 6.25. The van der Waals surface area contributed by atoms with E-state index in [1.807, 2.05) is 39.0 Å². The number of carboxylic acid groups (broad SMARTS) is 1. The number of ether oxygens (including phenoxy) is 1. The number of pyridine rings is 1. The number of nitrogens with zero attached hydrogens (tertiary/aromatic N) is 7. The molecule has 0 fully saturated rings. The van der Waals surface area contributed by atoms with E-state index in [0.29, 0.717) is 58.5 Å². The van der Waals surface area contributed by atoms with Gasteiger partial charge < -0.3 is 15.6 Å². The SMILES string of the molecule is CCOc1c(C#N)cccc1-c1cc(-c2cn(Cc3cccc(C(C)(C)CC(=O)O)n3)nn2)nc(N)n1. The summed E-state index contributed by atoms with van der Waals surface area (Å²) < 4.78 is 7.35. The second-order valence-electron chi connectivity index (χ2n) is 8.99. The highest BCUT2D eigenvalue weighted by Gasteiger charge is 2.26. The molecular formula is C26H26N8O3. The van der Waals surface area contributed by atoms with E-state index in [4.69, 9.17) is 10.5 Å². The number of hydrogen-bond acceptors (Lipinski definition) is 9. The summed E-state index contributed by atoms with van der Waals surface area (Å²) in [5, 5.41) is 27.1. The number of nitrogen functional groups attached to an aromatic ring is 1. The third kappa shape index (κ3) is 5.70. The maximum Gasteiger partial charge on any atom is 0.304 e. The molecule has 0 spiro atoms. The molecule has 188 valence electrons. The van der Waals surface area contributed by atoms with Crippen molar-refractivity contribution in [3.05, 3.63) is 65.6 Å². The van der Waals surface area contributed by atoms with Gasteiger partial charge in [-0.15, -0.1) is 5.10 Å². The van der Waals surface area contributed by atoms with Gasteiger partial charge in [-0.05, 0) is 37.3 Å². The van der Waals surface area contributed by atoms with E-state index >= 15 is 0 Å². The number of carboxylic acids is 1. The Labute approximate surface area is 213 Å². The number of benzene rings is 1. The number of aliphatic carboxylic acids is 1. The van der Waals surface area contributed by atoms with E-state index in [9.17, 15) is 15.2 Å². The molecule has 0 atom stereocenters. The number of aromatic nitrogens is 6. The zero-order valence-electron chi connectivity index (χ0n) is 20.7. The molecule has 0 saturated carbocycles. The summed E-state index contributed by atoms with van der Waals surface area (Å²) in [5.41, 5.74) is 9.24. The van der Waals surface area contributed by atoms with Gasteiger partial charge in [-0.2, -0.15) is 5.26 Å². The van der Waals surface area contributed by atoms with Gasteiger partial charge in [-0.25, -0.2) is 14.6 Å². The Morgan fingerprint density at radius 3 is 2.62 bits per heavy atom. The largest absolute Gasteiger partial charge is 0.492 e. The van der Waals surface area contributed by atoms with Gasteiger partial charge in [0.25, 0.3) is 0 Å². The molecule has 4 rings (SSSR count). The van der Waals surface area contributed by atoms with Crippen LogP contribution in [0, 0.1) is 11.3 Å². The first-order valence-corrected chi connectivity index (χ1v) is 11.6. The van der Waals surface area contributed by atoms with Crippen molar-refractivity contribution in [2.75, 3.05) is 12.3 Å². The standard InChI is InChI=1S/C26H26N8O3/c1-4-37-24-16(13-27)7-5-9-18(24)19-11-20(31-25(28)30-19)21-15-34(33-32-21)14-17-8-6-10-22(29-17)26(2,3)12-23(35)36/h5-11,15H,4,12,14H2,1-3H3,(H,35,36)(H2,28,30,31). The average molecular weight is 499 g/mol. The van der Waals surface area contributed by atoms with Gasteiger partial charge in [0.1, 0.15) is 17.5 Å². The normalized spacial score (nSPS) is 11.2. The maximum absolute atomic E-state index is 11.2. The summed E-state index contributed by atoms with van der Waals surface area (Å²) in [4.78, 5) is 24.5. The lowest BCUT2D eigenvalue weighted by atomic mass is 9.85. The highest BCUT2D eigenvalue weighted by molar-refractivity contribution is 5.74. The van der Waals surface area contributed by atoms with Crippen LogP contribution in [0.4, 0.5) is 5.95 Å². The minimum Gasteiger partial charge on any atom is -0.492 e. The molecule has 11 nitrogen and oxygen atoms in total. The molecule has 37 heavy (non-hydrogen) atoms. The molecule has 3 heterocycles. The Hall–Kier alpha value is -4.85. The first kappa shape index (κ1) is 25.2. The first-order valence-electron chi connectivity index (χ1n) is 11.6. The van der Waals surface area contributed by atoms with Gasteiger partial charge >= 0.3 is 5.97 Å². The third-order valence-electron chi connectivity index (χ3n) is 5.66. The van der Waals surface area contributed by atoms with Crippen LogP contribution in [0.25, 0.3) is 22.6 Å². The predicted octanol–water partition coefficient (Wildman–Crippen LogP) is 3.45. The van der Waals surface area contributed by atoms with Crippen molar-refractivity contribution >= 4 is 11.9 Å². The van der Waals surface area contributed by atoms with Crippen molar-refractivity contribution in [1.29, 1.82) is 5.26 Å². The number of nitrogens with two attached hydrogens (primary N) is 1. The lowest BCUT2D eigenvalue weighted by Crippen LogP contribution is -2.23. The molecule has 0 radical (unpaired) electrons. The first-order chi connectivity index (χ1) is 17.7. The summed E-state index contributed by atoms with van der Waals surface area (Å²) in [6.07, 6.45) is 1.69. The Kier molecular flexibility index (Phi) is 7.11. The van der Waals surface area contributed by atoms with E-state index < -0.39 is 11.4 Å². The minimum atomic E-state index is -0.880. The maximum atomic E-state index is 11.2. The summed E-state index contributed by atoms with van der Waals surface area (Å²) >= 11 is 0. The molecule has 3 aromatic heterocycles. The van der Waals surface area contributed by atoms with Gasteiger partial charge in [0, 0.05) is 16.7 Å². The van der Waals surface area contributed by atoms with Crippen LogP contribution in [0.3, 0.4) is 0 Å². The second-order valence-corrected chi connectivity index (χ2v) is 8.99. The molecule has 0 unspecified atom stereocenters. The molecule has 4 aromatic rings. The predicted molar refractivity (Wildman–Crippen MR) is 135 cm³/mol. The summed E-state index contributed by atoms with van der Waals surface area (Å²) in [6, 6.07) is 14.6. The zero-order chi connectivity index (χ0) is 26.6. The number of nitriles is 1. The molecular weight excluding hydrogens is 472 g/mol. The van der Waals surface area contributed by atoms with Crippen LogP contribution in [-0.4, -0.2) is 47.6 Å². The van der Waals surface area contributed by atoms with Crippen molar-refractivity contribution < 1.29 is 14.6 Å². The molecule has 0 amide bonds. The van der Waals surface area contributed by atoms with Crippen molar-refractivity contribution in [3.8, 4) is 34.5 Å². The average Bonchev–Trinajstić information content (AvgIpc) is 3.32. The molecule has 0 aliphatic rings. The molecule has 0 saturated heterocycles. The Bertz CT molecular complexity index is 1490. The van der Waals surface area contributed by atoms with E-state index in [1.165, 1.54) is 0 Å². The van der Waals surface area contributed by atoms with Crippen LogP contribution in [-0.2, 0) is 16.8 Å². The van der Waals surface area contributed by atoms with Crippen LogP contribution in [0.1, 0.15) is 44.1 Å². The zero-order valence-corrected chi connectivity index (χ0v) is 20.7. The highest BCUT2D eigenvalue weighted by Crippen LogP contribution is 2.34. The van der Waals surface area contributed by atoms with E-state index in [2.05, 4.69) is 31.3 Å². The fourth-order valence-electron chi connectivity index (χ4n) is 3.93. The number of anilines is 1. The number of rotatable bonds is 9. The minimum absolute atomic E-state index is 0.0311. The quantitative estimate of drug-likeness (QED) is 0.349. The second kappa shape index (κ2) is 10.4. The lowest BCUT2D eigenvalue weighted by molar-refractivity contribution is -0.138. The number of hydrogen-bond donors (Lipinski definition) is 2. The molecule has 1 aromatic carbocycles. The van der Waals surface area contributed by atoms with E-state index in [-0.39, 0.29) is 12.4 Å². The van der Waals surface area contributed by atoms with Crippen LogP contribution >= 0.6 is 0 Å². The van der Waals surface area contributed by atoms with Crippen LogP contribution in [0.15, 0.2) is 48.7 Å². The van der Waals surface area contributed by atoms with Crippen molar-refractivity contribution in [2.45, 2.75) is 39.2 Å². The van der Waals surface area contributed by atoms with Gasteiger partial charge in [0.2, 0.25) is 5.95 Å². The summed E-state index contributed by atoms with van der Waals surface area (Å²) in [7, 11) is 0. The lowest BCUT2D eigenvalue weighted by Gasteiger charge is -2.22. The molecule has 0 aliphatic carbocycles. The van der Waals surface area contributed by atoms with Gasteiger partial charge in [0.05, 0.1) is 48.4 Å². The van der Waals surface area contributed by atoms with E-state index in [1.54, 1.807) is 35.1 Å². The Morgan fingerprint density at radius 1 is 1.14 bits per heavy atom. The van der Waals surface area contributed by atoms with E-state index in [0.717, 1.165) is 0 Å². The van der Waals surface area contributed by atoms with Gasteiger partial charge in [-0.1, -0.05) is 31.2 Å². The number of carbonyl (C=O) groups is 1. The fourth-order valence-corrected chi connectivity index (χ4v) is 3.93. The van der Waals surface area contributed by atoms with Crippen molar-refractivity contribution in [1.82, 2.24) is 29.9 Å². The van der Waals surface area contributed by atoms with Crippen LogP contribution < -0.4 is 10.5 Å². The number of para-hydroxylation sites is 1. The van der Waals surface area contributed by atoms with Crippen molar-refractivity contribution in [2.24, 2.45) is 0 Å². The molecule has 11 heteroatoms. The highest BCUT2D eigenvalue weighted by atomic mass is 16.5. The van der Waals surface area contributed by atoms with Gasteiger partial charge in [0.15, 0.2) is 0 Å².